The summed E-state index contributed by atoms with van der Waals surface area (Å²) in [6.45, 7) is 8.76. The van der Waals surface area contributed by atoms with Crippen molar-refractivity contribution >= 4 is 76.6 Å². The Morgan fingerprint density at radius 3 is 1.76 bits per heavy atom. The van der Waals surface area contributed by atoms with Gasteiger partial charge in [0.2, 0.25) is 65.0 Å². The molecule has 2 heterocycles. The van der Waals surface area contributed by atoms with E-state index in [4.69, 9.17) is 11.6 Å². The minimum Gasteiger partial charge on any atom is -0.351 e. The monoisotopic (exact) mass is 1310 g/mol. The number of fused-ring (bicyclic) bond motifs is 1. The third-order valence-electron chi connectivity index (χ3n) is 18.4. The number of alkyl halides is 3. The molecule has 0 bridgehead atoms. The van der Waals surface area contributed by atoms with E-state index >= 15 is 14.4 Å². The van der Waals surface area contributed by atoms with E-state index in [1.165, 1.54) is 88.0 Å². The molecule has 2 aromatic rings. The van der Waals surface area contributed by atoms with Gasteiger partial charge in [-0.3, -0.25) is 52.7 Å². The van der Waals surface area contributed by atoms with Gasteiger partial charge in [0.05, 0.1) is 25.2 Å². The molecule has 9 atom stereocenters. The van der Waals surface area contributed by atoms with Crippen molar-refractivity contribution in [2.75, 3.05) is 75.5 Å². The molecule has 3 N–H and O–H groups in total. The second kappa shape index (κ2) is 34.0. The van der Waals surface area contributed by atoms with E-state index in [0.29, 0.717) is 29.0 Å². The van der Waals surface area contributed by atoms with Crippen LogP contribution in [0.4, 0.5) is 13.2 Å². The van der Waals surface area contributed by atoms with Crippen LogP contribution in [0, 0.1) is 17.8 Å². The van der Waals surface area contributed by atoms with Crippen LogP contribution < -0.4 is 16.0 Å². The fourth-order valence-electron chi connectivity index (χ4n) is 12.1. The van der Waals surface area contributed by atoms with Crippen LogP contribution in [0.25, 0.3) is 0 Å². The highest BCUT2D eigenvalue weighted by Crippen LogP contribution is 2.32. The molecule has 26 heteroatoms. The number of carbonyl (C=O) groups excluding carboxylic acids is 11. The van der Waals surface area contributed by atoms with Gasteiger partial charge >= 0.3 is 6.18 Å². The van der Waals surface area contributed by atoms with Gasteiger partial charge in [-0.15, -0.1) is 0 Å². The molecular weight excluding hydrogens is 1220 g/mol. The van der Waals surface area contributed by atoms with Crippen molar-refractivity contribution in [3.05, 3.63) is 70.2 Å². The van der Waals surface area contributed by atoms with Crippen molar-refractivity contribution in [2.45, 2.75) is 186 Å². The maximum absolute atomic E-state index is 15.2. The van der Waals surface area contributed by atoms with Crippen LogP contribution in [-0.2, 0) is 71.8 Å². The van der Waals surface area contributed by atoms with Gasteiger partial charge < -0.3 is 55.1 Å². The number of benzene rings is 2. The molecule has 2 aromatic carbocycles. The lowest BCUT2D eigenvalue weighted by Crippen LogP contribution is -2.59. The zero-order valence-corrected chi connectivity index (χ0v) is 56.5. The Hall–Kier alpha value is -7.31. The second-order valence-corrected chi connectivity index (χ2v) is 26.4. The number of rotatable bonds is 11. The van der Waals surface area contributed by atoms with E-state index in [0.717, 1.165) is 63.8 Å². The maximum Gasteiger partial charge on any atom is 0.416 e. The summed E-state index contributed by atoms with van der Waals surface area (Å²) in [5.74, 6) is -7.59. The fourth-order valence-corrected chi connectivity index (χ4v) is 12.3. The molecular formula is C66H97ClF3N11O11. The van der Waals surface area contributed by atoms with Crippen molar-refractivity contribution in [2.24, 2.45) is 17.8 Å². The smallest absolute Gasteiger partial charge is 0.351 e. The first kappa shape index (κ1) is 75.4. The Labute approximate surface area is 544 Å². The van der Waals surface area contributed by atoms with Crippen molar-refractivity contribution < 1.29 is 65.9 Å². The normalized spacial score (nSPS) is 25.5. The third-order valence-corrected chi connectivity index (χ3v) is 18.7. The maximum atomic E-state index is 15.2. The van der Waals surface area contributed by atoms with Crippen LogP contribution in [0.2, 0.25) is 5.02 Å². The van der Waals surface area contributed by atoms with Crippen molar-refractivity contribution in [1.29, 1.82) is 0 Å². The summed E-state index contributed by atoms with van der Waals surface area (Å²) in [5, 5.41) is 8.84. The number of halogens is 4. The van der Waals surface area contributed by atoms with Crippen LogP contribution in [0.1, 0.15) is 135 Å². The summed E-state index contributed by atoms with van der Waals surface area (Å²) in [6, 6.07) is 1.80. The van der Waals surface area contributed by atoms with Gasteiger partial charge in [0, 0.05) is 79.8 Å². The standard InChI is InChI=1S/C66H97ClF3N11O11/c1-14-41(4)58-65(92)76(9)38-56(84)74(7)39-57(85)78(11)52(36-46-24-29-48(67)30-25-46)62(89)75(8)37-54(82)72-49(31-26-44-22-27-47(28-23-44)66(68,69)70)61(88)81-32-18-21-50(81)63(90)80(13)53(35-45-19-16-15-17-20-45)64(91)79(12)51(33-40(2)3)60(87)71-42(5)34-55(83)77(10)43(6)59(86)73-58/h22-25,27-30,40-43,45,49-53,58H,14-21,26,31-39H2,1-13H3,(H,71,87)(H,72,82)(H,73,86)/t41-,42+,43-,49-,50?,51-,52-,53-,58-/m0/s1. The number of nitrogens with zero attached hydrogens (tertiary/aromatic N) is 8. The minimum absolute atomic E-state index is 0.00682. The van der Waals surface area contributed by atoms with Crippen LogP contribution in [0.15, 0.2) is 48.5 Å². The average molecular weight is 1310 g/mol. The third kappa shape index (κ3) is 20.6. The van der Waals surface area contributed by atoms with Gasteiger partial charge in [0.25, 0.3) is 0 Å². The Bertz CT molecular complexity index is 2930. The second-order valence-electron chi connectivity index (χ2n) is 26.0. The van der Waals surface area contributed by atoms with E-state index in [-0.39, 0.29) is 63.3 Å². The molecule has 1 saturated carbocycles. The topological polar surface area (TPSA) is 250 Å². The SMILES string of the molecule is CC[C@H](C)[C@@H]1NC(=O)[C@H](C)N(C)C(=O)C[C@@H](C)NC(=O)[C@H](CC(C)C)N(C)C(=O)[C@H](CC2CCCCC2)N(C)C(=O)C2CCCN2C(=O)[C@H](CCc2ccc(C(F)(F)F)cc2)NC(=O)CN(C)C(=O)[C@H](Cc2ccc(Cl)cc2)N(C)C(=O)CN(C)C(=O)CN(C)C1=O. The molecule has 3 fully saturated rings. The van der Waals surface area contributed by atoms with E-state index in [2.05, 4.69) is 16.0 Å². The average Bonchev–Trinajstić information content (AvgIpc) is 1.47. The number of hydrogen-bond donors (Lipinski definition) is 3. The molecule has 11 amide bonds. The molecule has 3 aliphatic rings. The van der Waals surface area contributed by atoms with E-state index in [9.17, 15) is 51.5 Å². The van der Waals surface area contributed by atoms with Gasteiger partial charge in [-0.25, -0.2) is 0 Å². The molecule has 1 aliphatic carbocycles. The highest BCUT2D eigenvalue weighted by Gasteiger charge is 2.44. The molecule has 2 saturated heterocycles. The fraction of sp³-hybridized carbons (Fsp3) is 0.652. The van der Waals surface area contributed by atoms with Crippen molar-refractivity contribution in [3.63, 3.8) is 0 Å². The lowest BCUT2D eigenvalue weighted by molar-refractivity contribution is -0.152. The molecule has 5 rings (SSSR count). The molecule has 1 unspecified atom stereocenters. The van der Waals surface area contributed by atoms with Gasteiger partial charge in [-0.2, -0.15) is 13.2 Å². The van der Waals surface area contributed by atoms with Crippen LogP contribution in [0.3, 0.4) is 0 Å². The van der Waals surface area contributed by atoms with E-state index in [1.807, 2.05) is 20.8 Å². The number of amides is 11. The van der Waals surface area contributed by atoms with Gasteiger partial charge in [-0.05, 0) is 106 Å². The summed E-state index contributed by atoms with van der Waals surface area (Å²) in [6.07, 6.45) is 0.726. The summed E-state index contributed by atoms with van der Waals surface area (Å²) in [5.41, 5.74) is 0.0917. The lowest BCUT2D eigenvalue weighted by Gasteiger charge is -2.39. The van der Waals surface area contributed by atoms with Crippen LogP contribution in [0.5, 0.6) is 0 Å². The van der Waals surface area contributed by atoms with Crippen LogP contribution >= 0.6 is 11.6 Å². The summed E-state index contributed by atoms with van der Waals surface area (Å²) < 4.78 is 40.9. The first-order valence-corrected chi connectivity index (χ1v) is 32.4. The van der Waals surface area contributed by atoms with Gasteiger partial charge in [-0.1, -0.05) is 102 Å². The number of aryl methyl sites for hydroxylation is 1. The van der Waals surface area contributed by atoms with E-state index in [1.54, 1.807) is 38.1 Å². The first-order chi connectivity index (χ1) is 43.1. The predicted octanol–water partition coefficient (Wildman–Crippen LogP) is 5.17. The zero-order chi connectivity index (χ0) is 68.6. The van der Waals surface area contributed by atoms with Gasteiger partial charge in [0.15, 0.2) is 0 Å². The Balaban J connectivity index is 1.57. The minimum atomic E-state index is -4.62. The largest absolute Gasteiger partial charge is 0.416 e. The quantitative estimate of drug-likeness (QED) is 0.265. The number of nitrogens with one attached hydrogen (secondary N) is 3. The Kier molecular flexibility index (Phi) is 27.9. The van der Waals surface area contributed by atoms with Gasteiger partial charge in [0.1, 0.15) is 42.3 Å². The van der Waals surface area contributed by atoms with Crippen molar-refractivity contribution in [3.8, 4) is 0 Å². The molecule has 0 radical (unpaired) electrons. The summed E-state index contributed by atoms with van der Waals surface area (Å²) in [7, 11) is 9.82. The number of hydrogen-bond acceptors (Lipinski definition) is 11. The number of carbonyl (C=O) groups is 11. The summed E-state index contributed by atoms with van der Waals surface area (Å²) in [4.78, 5) is 169. The molecule has 0 aromatic heterocycles. The Morgan fingerprint density at radius 1 is 0.576 bits per heavy atom. The zero-order valence-electron chi connectivity index (χ0n) is 55.8. The summed E-state index contributed by atoms with van der Waals surface area (Å²) >= 11 is 6.21. The molecule has 0 spiro atoms. The van der Waals surface area contributed by atoms with Crippen molar-refractivity contribution in [1.82, 2.24) is 55.1 Å². The number of likely N-dealkylation sites (N-methyl/N-ethyl adjacent to an activating group) is 7. The van der Waals surface area contributed by atoms with E-state index < -0.39 is 151 Å². The lowest BCUT2D eigenvalue weighted by atomic mass is 9.84. The highest BCUT2D eigenvalue weighted by atomic mass is 35.5. The Morgan fingerprint density at radius 2 is 1.16 bits per heavy atom. The molecule has 22 nitrogen and oxygen atoms in total. The predicted molar refractivity (Wildman–Crippen MR) is 341 cm³/mol. The molecule has 92 heavy (non-hydrogen) atoms. The first-order valence-electron chi connectivity index (χ1n) is 32.0. The van der Waals surface area contributed by atoms with Crippen LogP contribution in [-0.4, -0.2) is 228 Å². The molecule has 2 aliphatic heterocycles. The highest BCUT2D eigenvalue weighted by molar-refractivity contribution is 6.30. The molecule has 510 valence electrons.